The fourth-order valence-electron chi connectivity index (χ4n) is 4.40. The highest BCUT2D eigenvalue weighted by Gasteiger charge is 2.31. The minimum atomic E-state index is -0.164. The first-order valence-corrected chi connectivity index (χ1v) is 10.9. The molecule has 0 saturated carbocycles. The fraction of sp³-hybridized carbons (Fsp3) is 0.458. The SMILES string of the molecule is CCC(C)(CNC(=O)Nc1ccccc1N1CCc2ccccc21)N1CCOCC1. The van der Waals surface area contributed by atoms with E-state index in [1.165, 1.54) is 11.3 Å². The zero-order valence-electron chi connectivity index (χ0n) is 18.0. The first kappa shape index (κ1) is 20.7. The number of carbonyl (C=O) groups is 1. The molecule has 0 radical (unpaired) electrons. The summed E-state index contributed by atoms with van der Waals surface area (Å²) in [6.07, 6.45) is 1.99. The van der Waals surface area contributed by atoms with E-state index >= 15 is 0 Å². The lowest BCUT2D eigenvalue weighted by Gasteiger charge is -2.43. The summed E-state index contributed by atoms with van der Waals surface area (Å²) in [4.78, 5) is 17.5. The van der Waals surface area contributed by atoms with Crippen LogP contribution in [0, 0.1) is 0 Å². The number of anilines is 3. The van der Waals surface area contributed by atoms with Crippen LogP contribution in [0.2, 0.25) is 0 Å². The van der Waals surface area contributed by atoms with Gasteiger partial charge < -0.3 is 20.3 Å². The summed E-state index contributed by atoms with van der Waals surface area (Å²) in [7, 11) is 0. The highest BCUT2D eigenvalue weighted by Crippen LogP contribution is 2.38. The van der Waals surface area contributed by atoms with Gasteiger partial charge >= 0.3 is 6.03 Å². The molecule has 6 nitrogen and oxygen atoms in total. The molecule has 2 aliphatic heterocycles. The summed E-state index contributed by atoms with van der Waals surface area (Å²) in [6, 6.07) is 16.3. The molecule has 2 aromatic rings. The topological polar surface area (TPSA) is 56.8 Å². The van der Waals surface area contributed by atoms with Crippen LogP contribution in [0.1, 0.15) is 25.8 Å². The number of hydrogen-bond donors (Lipinski definition) is 2. The third-order valence-corrected chi connectivity index (χ3v) is 6.50. The van der Waals surface area contributed by atoms with Gasteiger partial charge in [0.2, 0.25) is 0 Å². The third-order valence-electron chi connectivity index (χ3n) is 6.50. The predicted octanol–water partition coefficient (Wildman–Crippen LogP) is 4.00. The molecule has 1 saturated heterocycles. The van der Waals surface area contributed by atoms with Crippen LogP contribution in [0.3, 0.4) is 0 Å². The van der Waals surface area contributed by atoms with E-state index in [4.69, 9.17) is 4.74 Å². The maximum absolute atomic E-state index is 12.8. The number of nitrogens with zero attached hydrogens (tertiary/aromatic N) is 2. The largest absolute Gasteiger partial charge is 0.379 e. The van der Waals surface area contributed by atoms with Crippen LogP contribution in [0.5, 0.6) is 0 Å². The minimum absolute atomic E-state index is 0.0749. The third kappa shape index (κ3) is 4.30. The Labute approximate surface area is 179 Å². The molecule has 2 amide bonds. The number of nitrogens with one attached hydrogen (secondary N) is 2. The second kappa shape index (κ2) is 9.06. The molecule has 4 rings (SSSR count). The van der Waals surface area contributed by atoms with Gasteiger partial charge in [0.1, 0.15) is 0 Å². The lowest BCUT2D eigenvalue weighted by atomic mass is 9.95. The Morgan fingerprint density at radius 3 is 2.50 bits per heavy atom. The highest BCUT2D eigenvalue weighted by atomic mass is 16.5. The van der Waals surface area contributed by atoms with Crippen LogP contribution in [0.15, 0.2) is 48.5 Å². The first-order valence-electron chi connectivity index (χ1n) is 10.9. The van der Waals surface area contributed by atoms with Gasteiger partial charge in [-0.2, -0.15) is 0 Å². The van der Waals surface area contributed by atoms with Crippen LogP contribution in [-0.2, 0) is 11.2 Å². The maximum Gasteiger partial charge on any atom is 0.319 e. The molecule has 2 aromatic carbocycles. The Morgan fingerprint density at radius 2 is 1.73 bits per heavy atom. The summed E-state index contributed by atoms with van der Waals surface area (Å²) in [5.41, 5.74) is 4.36. The van der Waals surface area contributed by atoms with Gasteiger partial charge in [0, 0.05) is 37.4 Å². The molecule has 30 heavy (non-hydrogen) atoms. The van der Waals surface area contributed by atoms with E-state index in [1.807, 2.05) is 18.2 Å². The Kier molecular flexibility index (Phi) is 6.25. The monoisotopic (exact) mass is 408 g/mol. The van der Waals surface area contributed by atoms with E-state index in [2.05, 4.69) is 64.6 Å². The number of ether oxygens (including phenoxy) is 1. The van der Waals surface area contributed by atoms with Gasteiger partial charge in [-0.15, -0.1) is 0 Å². The number of hydrogen-bond acceptors (Lipinski definition) is 4. The van der Waals surface area contributed by atoms with Crippen LogP contribution in [0.4, 0.5) is 21.9 Å². The molecule has 2 heterocycles. The maximum atomic E-state index is 12.8. The van der Waals surface area contributed by atoms with Crippen molar-refractivity contribution in [2.45, 2.75) is 32.2 Å². The number of para-hydroxylation sites is 3. The summed E-state index contributed by atoms with van der Waals surface area (Å²) in [5.74, 6) is 0. The van der Waals surface area contributed by atoms with Crippen LogP contribution < -0.4 is 15.5 Å². The molecule has 2 N–H and O–H groups in total. The van der Waals surface area contributed by atoms with Crippen molar-refractivity contribution in [2.24, 2.45) is 0 Å². The molecular weight excluding hydrogens is 376 g/mol. The Morgan fingerprint density at radius 1 is 1.03 bits per heavy atom. The molecule has 160 valence electrons. The van der Waals surface area contributed by atoms with Gasteiger partial charge in [-0.05, 0) is 43.5 Å². The van der Waals surface area contributed by atoms with E-state index in [9.17, 15) is 4.79 Å². The van der Waals surface area contributed by atoms with Gasteiger partial charge in [-0.1, -0.05) is 37.3 Å². The highest BCUT2D eigenvalue weighted by molar-refractivity contribution is 5.94. The minimum Gasteiger partial charge on any atom is -0.379 e. The van der Waals surface area contributed by atoms with Crippen LogP contribution in [0.25, 0.3) is 0 Å². The van der Waals surface area contributed by atoms with Crippen molar-refractivity contribution >= 4 is 23.1 Å². The second-order valence-electron chi connectivity index (χ2n) is 8.31. The van der Waals surface area contributed by atoms with Crippen molar-refractivity contribution in [3.8, 4) is 0 Å². The lowest BCUT2D eigenvalue weighted by Crippen LogP contribution is -2.57. The second-order valence-corrected chi connectivity index (χ2v) is 8.31. The van der Waals surface area contributed by atoms with E-state index in [-0.39, 0.29) is 11.6 Å². The first-order chi connectivity index (χ1) is 14.6. The van der Waals surface area contributed by atoms with Crippen molar-refractivity contribution in [3.63, 3.8) is 0 Å². The molecule has 1 unspecified atom stereocenters. The number of rotatable bonds is 6. The van der Waals surface area contributed by atoms with Gasteiger partial charge in [-0.25, -0.2) is 4.79 Å². The smallest absolute Gasteiger partial charge is 0.319 e. The Balaban J connectivity index is 1.43. The van der Waals surface area contributed by atoms with Gasteiger partial charge in [0.05, 0.1) is 24.6 Å². The molecule has 0 aromatic heterocycles. The van der Waals surface area contributed by atoms with Crippen LogP contribution >= 0.6 is 0 Å². The van der Waals surface area contributed by atoms with Gasteiger partial charge in [0.25, 0.3) is 0 Å². The average Bonchev–Trinajstić information content (AvgIpc) is 3.22. The van der Waals surface area contributed by atoms with Crippen LogP contribution in [-0.4, -0.2) is 55.9 Å². The van der Waals surface area contributed by atoms with E-state index in [0.29, 0.717) is 6.54 Å². The molecule has 1 atom stereocenters. The van der Waals surface area contributed by atoms with Crippen molar-refractivity contribution in [3.05, 3.63) is 54.1 Å². The van der Waals surface area contributed by atoms with Gasteiger partial charge in [-0.3, -0.25) is 4.90 Å². The standard InChI is InChI=1S/C24H32N4O2/c1-3-24(2,27-14-16-30-17-15-27)18-25-23(29)26-20-9-5-7-11-22(20)28-13-12-19-8-4-6-10-21(19)28/h4-11H,3,12-18H2,1-2H3,(H2,25,26,29). The Bertz CT molecular complexity index is 881. The summed E-state index contributed by atoms with van der Waals surface area (Å²) in [6.45, 7) is 9.24. The predicted molar refractivity (Wildman–Crippen MR) is 122 cm³/mol. The molecule has 0 spiro atoms. The van der Waals surface area contributed by atoms with E-state index in [1.54, 1.807) is 0 Å². The molecule has 0 aliphatic carbocycles. The number of benzene rings is 2. The number of morpholine rings is 1. The van der Waals surface area contributed by atoms with Crippen molar-refractivity contribution < 1.29 is 9.53 Å². The van der Waals surface area contributed by atoms with E-state index in [0.717, 1.165) is 57.1 Å². The summed E-state index contributed by atoms with van der Waals surface area (Å²) < 4.78 is 5.48. The van der Waals surface area contributed by atoms with Crippen molar-refractivity contribution in [1.82, 2.24) is 10.2 Å². The molecule has 6 heteroatoms. The van der Waals surface area contributed by atoms with Gasteiger partial charge in [0.15, 0.2) is 0 Å². The Hall–Kier alpha value is -2.57. The molecule has 1 fully saturated rings. The zero-order chi connectivity index (χ0) is 21.0. The van der Waals surface area contributed by atoms with Crippen molar-refractivity contribution in [1.29, 1.82) is 0 Å². The normalized spacial score (nSPS) is 18.5. The number of fused-ring (bicyclic) bond motifs is 1. The summed E-state index contributed by atoms with van der Waals surface area (Å²) in [5, 5.41) is 6.19. The lowest BCUT2D eigenvalue weighted by molar-refractivity contribution is -0.0163. The summed E-state index contributed by atoms with van der Waals surface area (Å²) >= 11 is 0. The van der Waals surface area contributed by atoms with E-state index < -0.39 is 0 Å². The average molecular weight is 409 g/mol. The molecule has 2 aliphatic rings. The number of urea groups is 1. The number of amides is 2. The zero-order valence-corrected chi connectivity index (χ0v) is 18.0. The quantitative estimate of drug-likeness (QED) is 0.759. The molecular formula is C24H32N4O2. The fourth-order valence-corrected chi connectivity index (χ4v) is 4.40. The number of carbonyl (C=O) groups excluding carboxylic acids is 1. The molecule has 0 bridgehead atoms. The van der Waals surface area contributed by atoms with Crippen molar-refractivity contribution in [2.75, 3.05) is 49.6 Å².